The highest BCUT2D eigenvalue weighted by molar-refractivity contribution is 5.10. The third kappa shape index (κ3) is 1.83. The van der Waals surface area contributed by atoms with Crippen LogP contribution in [0.2, 0.25) is 0 Å². The third-order valence-electron chi connectivity index (χ3n) is 4.50. The monoisotopic (exact) mass is 191 g/mol. The van der Waals surface area contributed by atoms with Gasteiger partial charge in [0.25, 0.3) is 0 Å². The van der Waals surface area contributed by atoms with E-state index in [1.165, 1.54) is 12.8 Å². The number of hydrogen-bond acceptors (Lipinski definition) is 0. The first kappa shape index (κ1) is 11.6. The van der Waals surface area contributed by atoms with Crippen LogP contribution < -0.4 is 0 Å². The van der Waals surface area contributed by atoms with E-state index in [2.05, 4.69) is 40.5 Å². The highest BCUT2D eigenvalue weighted by Gasteiger charge is 2.42. The number of terminal acetylenes is 1. The quantitative estimate of drug-likeness (QED) is 0.551. The van der Waals surface area contributed by atoms with Crippen LogP contribution in [0.25, 0.3) is 0 Å². The zero-order chi connectivity index (χ0) is 11.0. The van der Waals surface area contributed by atoms with Gasteiger partial charge in [-0.2, -0.15) is 0 Å². The van der Waals surface area contributed by atoms with Crippen molar-refractivity contribution in [1.29, 1.82) is 0 Å². The molecular weight excluding hydrogens is 168 g/mol. The summed E-state index contributed by atoms with van der Waals surface area (Å²) in [5.41, 5.74) is 0.367. The number of hydrogen-bond donors (Lipinski definition) is 0. The van der Waals surface area contributed by atoms with Crippen LogP contribution in [0.3, 0.4) is 0 Å². The molecule has 0 amide bonds. The van der Waals surface area contributed by atoms with Crippen molar-refractivity contribution in [3.05, 3.63) is 6.92 Å². The lowest BCUT2D eigenvalue weighted by Crippen LogP contribution is -2.39. The van der Waals surface area contributed by atoms with Crippen molar-refractivity contribution in [3.63, 3.8) is 0 Å². The molecule has 0 spiro atoms. The van der Waals surface area contributed by atoms with E-state index in [-0.39, 0.29) is 10.8 Å². The van der Waals surface area contributed by atoms with Crippen molar-refractivity contribution in [2.45, 2.75) is 47.0 Å². The van der Waals surface area contributed by atoms with E-state index in [1.807, 2.05) is 0 Å². The molecule has 14 heavy (non-hydrogen) atoms. The van der Waals surface area contributed by atoms with E-state index < -0.39 is 0 Å². The maximum absolute atomic E-state index is 5.62. The Kier molecular flexibility index (Phi) is 3.00. The molecule has 1 aliphatic rings. The topological polar surface area (TPSA) is 0 Å². The smallest absolute Gasteiger partial charge is 0.0309 e. The Morgan fingerprint density at radius 2 is 2.00 bits per heavy atom. The molecule has 1 fully saturated rings. The predicted molar refractivity (Wildman–Crippen MR) is 62.6 cm³/mol. The van der Waals surface area contributed by atoms with E-state index in [9.17, 15) is 0 Å². The standard InChI is InChI=1S/C14H23/c1-7-13(5)8-9-14(6,11(2)3)10-12(13)4/h1,11-12H,6,8-10H2,2-5H3/t12-,13-,14?/m0/s1. The van der Waals surface area contributed by atoms with Crippen LogP contribution in [0.4, 0.5) is 0 Å². The molecule has 1 unspecified atom stereocenters. The molecule has 0 N–H and O–H groups in total. The normalized spacial score (nSPS) is 43.6. The van der Waals surface area contributed by atoms with Gasteiger partial charge in [0.05, 0.1) is 0 Å². The minimum Gasteiger partial charge on any atom is -0.120 e. The lowest BCUT2D eigenvalue weighted by Gasteiger charge is -2.47. The summed E-state index contributed by atoms with van der Waals surface area (Å²) in [6, 6.07) is 0. The summed E-state index contributed by atoms with van der Waals surface area (Å²) in [4.78, 5) is 0. The maximum atomic E-state index is 5.62. The first-order chi connectivity index (χ1) is 6.34. The van der Waals surface area contributed by atoms with Gasteiger partial charge in [-0.05, 0) is 50.4 Å². The molecule has 0 aromatic rings. The summed E-state index contributed by atoms with van der Waals surface area (Å²) >= 11 is 0. The van der Waals surface area contributed by atoms with Gasteiger partial charge in [0.15, 0.2) is 0 Å². The summed E-state index contributed by atoms with van der Waals surface area (Å²) in [7, 11) is 0. The zero-order valence-corrected chi connectivity index (χ0v) is 10.1. The molecule has 1 rings (SSSR count). The molecular formula is C14H23. The summed E-state index contributed by atoms with van der Waals surface area (Å²) in [5.74, 6) is 4.24. The summed E-state index contributed by atoms with van der Waals surface area (Å²) in [5, 5.41) is 0. The molecule has 3 atom stereocenters. The molecule has 1 saturated carbocycles. The lowest BCUT2D eigenvalue weighted by molar-refractivity contribution is 0.0662. The van der Waals surface area contributed by atoms with E-state index >= 15 is 0 Å². The molecule has 0 bridgehead atoms. The summed E-state index contributed by atoms with van der Waals surface area (Å²) < 4.78 is 0. The van der Waals surface area contributed by atoms with Gasteiger partial charge in [0.1, 0.15) is 0 Å². The largest absolute Gasteiger partial charge is 0.120 e. The van der Waals surface area contributed by atoms with E-state index in [4.69, 9.17) is 6.42 Å². The van der Waals surface area contributed by atoms with Crippen LogP contribution in [-0.4, -0.2) is 0 Å². The van der Waals surface area contributed by atoms with E-state index in [0.29, 0.717) is 11.8 Å². The summed E-state index contributed by atoms with van der Waals surface area (Å²) in [6.07, 6.45) is 9.10. The van der Waals surface area contributed by atoms with Crippen LogP contribution in [0, 0.1) is 41.9 Å². The Bertz CT molecular complexity index is 245. The van der Waals surface area contributed by atoms with Crippen LogP contribution >= 0.6 is 0 Å². The molecule has 1 aliphatic carbocycles. The van der Waals surface area contributed by atoms with Crippen molar-refractivity contribution < 1.29 is 0 Å². The van der Waals surface area contributed by atoms with Crippen molar-refractivity contribution in [2.24, 2.45) is 22.7 Å². The SMILES string of the molecule is C#C[C@@]1(C)CCC([CH2])(C(C)C)C[C@@H]1C. The van der Waals surface area contributed by atoms with Crippen LogP contribution in [0.15, 0.2) is 0 Å². The Morgan fingerprint density at radius 3 is 2.36 bits per heavy atom. The van der Waals surface area contributed by atoms with Crippen molar-refractivity contribution in [1.82, 2.24) is 0 Å². The third-order valence-corrected chi connectivity index (χ3v) is 4.50. The van der Waals surface area contributed by atoms with Gasteiger partial charge in [-0.3, -0.25) is 0 Å². The van der Waals surface area contributed by atoms with Gasteiger partial charge in [0.2, 0.25) is 0 Å². The highest BCUT2D eigenvalue weighted by atomic mass is 14.5. The van der Waals surface area contributed by atoms with Crippen molar-refractivity contribution in [2.75, 3.05) is 0 Å². The minimum absolute atomic E-state index is 0.107. The Labute approximate surface area is 89.5 Å². The molecule has 79 valence electrons. The fraction of sp³-hybridized carbons (Fsp3) is 0.786. The second-order valence-electron chi connectivity index (χ2n) is 5.68. The Balaban J connectivity index is 2.79. The molecule has 1 radical (unpaired) electrons. The maximum Gasteiger partial charge on any atom is 0.0309 e. The van der Waals surface area contributed by atoms with Gasteiger partial charge in [-0.25, -0.2) is 0 Å². The average Bonchev–Trinajstić information content (AvgIpc) is 2.12. The second kappa shape index (κ2) is 3.61. The first-order valence-corrected chi connectivity index (χ1v) is 5.67. The summed E-state index contributed by atoms with van der Waals surface area (Å²) in [6.45, 7) is 13.5. The second-order valence-corrected chi connectivity index (χ2v) is 5.68. The van der Waals surface area contributed by atoms with Crippen LogP contribution in [0.5, 0.6) is 0 Å². The molecule has 0 saturated heterocycles. The molecule has 0 aromatic carbocycles. The fourth-order valence-electron chi connectivity index (χ4n) is 2.43. The van der Waals surface area contributed by atoms with Crippen molar-refractivity contribution in [3.8, 4) is 12.3 Å². The number of rotatable bonds is 1. The Morgan fingerprint density at radius 1 is 1.43 bits per heavy atom. The molecule has 0 nitrogen and oxygen atoms in total. The Hall–Kier alpha value is -0.440. The average molecular weight is 191 g/mol. The predicted octanol–water partition coefficient (Wildman–Crippen LogP) is 3.92. The molecule has 0 heteroatoms. The molecule has 0 aliphatic heterocycles. The first-order valence-electron chi connectivity index (χ1n) is 5.67. The van der Waals surface area contributed by atoms with E-state index in [1.54, 1.807) is 0 Å². The van der Waals surface area contributed by atoms with Crippen LogP contribution in [-0.2, 0) is 0 Å². The zero-order valence-electron chi connectivity index (χ0n) is 10.1. The van der Waals surface area contributed by atoms with Gasteiger partial charge >= 0.3 is 0 Å². The van der Waals surface area contributed by atoms with Gasteiger partial charge in [-0.1, -0.05) is 26.7 Å². The van der Waals surface area contributed by atoms with Gasteiger partial charge in [0, 0.05) is 5.41 Å². The van der Waals surface area contributed by atoms with Gasteiger partial charge < -0.3 is 0 Å². The molecule has 0 aromatic heterocycles. The van der Waals surface area contributed by atoms with E-state index in [0.717, 1.165) is 6.42 Å². The highest BCUT2D eigenvalue weighted by Crippen LogP contribution is 2.51. The molecule has 0 heterocycles. The fourth-order valence-corrected chi connectivity index (χ4v) is 2.43. The van der Waals surface area contributed by atoms with Crippen LogP contribution in [0.1, 0.15) is 47.0 Å². The van der Waals surface area contributed by atoms with Crippen molar-refractivity contribution >= 4 is 0 Å². The van der Waals surface area contributed by atoms with Gasteiger partial charge in [-0.15, -0.1) is 6.42 Å². The minimum atomic E-state index is 0.107. The lowest BCUT2D eigenvalue weighted by atomic mass is 9.57.